The molecule has 0 aliphatic carbocycles. The Morgan fingerprint density at radius 2 is 2.22 bits per heavy atom. The van der Waals surface area contributed by atoms with Crippen LogP contribution in [0.1, 0.15) is 18.2 Å². The molecular formula is C12H16FN5. The van der Waals surface area contributed by atoms with Gasteiger partial charge in [-0.1, -0.05) is 6.92 Å². The predicted molar refractivity (Wildman–Crippen MR) is 66.8 cm³/mol. The molecule has 0 radical (unpaired) electrons. The van der Waals surface area contributed by atoms with E-state index in [9.17, 15) is 4.39 Å². The maximum absolute atomic E-state index is 13.8. The Morgan fingerprint density at radius 1 is 1.39 bits per heavy atom. The van der Waals surface area contributed by atoms with Crippen molar-refractivity contribution in [2.45, 2.75) is 26.8 Å². The molecule has 0 saturated heterocycles. The fourth-order valence-corrected chi connectivity index (χ4v) is 1.65. The maximum atomic E-state index is 13.8. The molecule has 2 heterocycles. The summed E-state index contributed by atoms with van der Waals surface area (Å²) in [4.78, 5) is 7.78. The van der Waals surface area contributed by atoms with Crippen LogP contribution in [0.5, 0.6) is 0 Å². The molecule has 2 aromatic heterocycles. The molecule has 2 rings (SSSR count). The molecule has 0 bridgehead atoms. The van der Waals surface area contributed by atoms with Crippen molar-refractivity contribution < 1.29 is 4.39 Å². The first-order valence-electron chi connectivity index (χ1n) is 5.93. The number of aromatic nitrogens is 4. The van der Waals surface area contributed by atoms with Crippen LogP contribution in [0.2, 0.25) is 0 Å². The predicted octanol–water partition coefficient (Wildman–Crippen LogP) is 1.80. The van der Waals surface area contributed by atoms with Crippen LogP contribution in [-0.4, -0.2) is 26.3 Å². The van der Waals surface area contributed by atoms with Crippen molar-refractivity contribution >= 4 is 5.82 Å². The van der Waals surface area contributed by atoms with E-state index in [2.05, 4.69) is 20.4 Å². The molecule has 18 heavy (non-hydrogen) atoms. The summed E-state index contributed by atoms with van der Waals surface area (Å²) in [6.07, 6.45) is 5.67. The molecule has 1 N–H and O–H groups in total. The van der Waals surface area contributed by atoms with Gasteiger partial charge in [-0.05, 0) is 18.9 Å². The number of halogens is 1. The smallest absolute Gasteiger partial charge is 0.186 e. The summed E-state index contributed by atoms with van der Waals surface area (Å²) in [6.45, 7) is 5.08. The first-order valence-corrected chi connectivity index (χ1v) is 5.93. The lowest BCUT2D eigenvalue weighted by atomic mass is 10.3. The van der Waals surface area contributed by atoms with Crippen LogP contribution in [0.25, 0.3) is 0 Å². The first-order chi connectivity index (χ1) is 8.70. The molecule has 0 aromatic carbocycles. The molecule has 0 saturated carbocycles. The number of hydrogen-bond acceptors (Lipinski definition) is 4. The number of nitrogens with zero attached hydrogens (tertiary/aromatic N) is 4. The summed E-state index contributed by atoms with van der Waals surface area (Å²) >= 11 is 0. The van der Waals surface area contributed by atoms with Crippen LogP contribution in [0.3, 0.4) is 0 Å². The molecule has 5 nitrogen and oxygen atoms in total. The zero-order valence-corrected chi connectivity index (χ0v) is 10.5. The zero-order chi connectivity index (χ0) is 13.0. The third-order valence-corrected chi connectivity index (χ3v) is 2.59. The maximum Gasteiger partial charge on any atom is 0.186 e. The zero-order valence-electron chi connectivity index (χ0n) is 10.5. The molecule has 0 atom stereocenters. The first kappa shape index (κ1) is 12.5. The average Bonchev–Trinajstić information content (AvgIpc) is 2.77. The van der Waals surface area contributed by atoms with Gasteiger partial charge in [0.15, 0.2) is 11.6 Å². The highest BCUT2D eigenvalue weighted by atomic mass is 19.1. The van der Waals surface area contributed by atoms with Gasteiger partial charge in [0.05, 0.1) is 18.4 Å². The highest BCUT2D eigenvalue weighted by molar-refractivity contribution is 5.37. The van der Waals surface area contributed by atoms with E-state index in [1.165, 1.54) is 6.33 Å². The highest BCUT2D eigenvalue weighted by Gasteiger charge is 2.08. The van der Waals surface area contributed by atoms with E-state index in [0.717, 1.165) is 5.56 Å². The van der Waals surface area contributed by atoms with Gasteiger partial charge in [0, 0.05) is 12.7 Å². The minimum absolute atomic E-state index is 0.255. The highest BCUT2D eigenvalue weighted by Crippen LogP contribution is 2.12. The summed E-state index contributed by atoms with van der Waals surface area (Å²) in [6, 6.07) is 0. The molecule has 0 fully saturated rings. The minimum atomic E-state index is -0.364. The Balaban J connectivity index is 1.94. The van der Waals surface area contributed by atoms with E-state index in [1.807, 2.05) is 24.7 Å². The Labute approximate surface area is 105 Å². The van der Waals surface area contributed by atoms with E-state index in [0.29, 0.717) is 25.2 Å². The SMILES string of the molecule is CCc1ncnc(NCCn2cc(C)cn2)c1F. The van der Waals surface area contributed by atoms with Gasteiger partial charge in [-0.15, -0.1) is 0 Å². The average molecular weight is 249 g/mol. The molecule has 0 unspecified atom stereocenters. The van der Waals surface area contributed by atoms with Crippen molar-refractivity contribution in [3.63, 3.8) is 0 Å². The topological polar surface area (TPSA) is 55.6 Å². The molecule has 6 heteroatoms. The minimum Gasteiger partial charge on any atom is -0.366 e. The number of anilines is 1. The van der Waals surface area contributed by atoms with Gasteiger partial charge in [-0.25, -0.2) is 14.4 Å². The van der Waals surface area contributed by atoms with Crippen LogP contribution in [0.15, 0.2) is 18.7 Å². The Hall–Kier alpha value is -1.98. The molecule has 2 aromatic rings. The second-order valence-electron chi connectivity index (χ2n) is 4.04. The van der Waals surface area contributed by atoms with Crippen molar-refractivity contribution in [2.75, 3.05) is 11.9 Å². The molecule has 0 aliphatic rings. The Bertz CT molecular complexity index is 523. The molecule has 0 aliphatic heterocycles. The van der Waals surface area contributed by atoms with Crippen LogP contribution < -0.4 is 5.32 Å². The molecular weight excluding hydrogens is 233 g/mol. The number of hydrogen-bond donors (Lipinski definition) is 1. The van der Waals surface area contributed by atoms with Gasteiger partial charge in [0.2, 0.25) is 0 Å². The van der Waals surface area contributed by atoms with E-state index < -0.39 is 0 Å². The summed E-state index contributed by atoms with van der Waals surface area (Å²) in [7, 11) is 0. The second-order valence-corrected chi connectivity index (χ2v) is 4.04. The van der Waals surface area contributed by atoms with Crippen LogP contribution in [-0.2, 0) is 13.0 Å². The van der Waals surface area contributed by atoms with Crippen molar-refractivity contribution in [3.8, 4) is 0 Å². The van der Waals surface area contributed by atoms with Gasteiger partial charge >= 0.3 is 0 Å². The van der Waals surface area contributed by atoms with Gasteiger partial charge in [0.25, 0.3) is 0 Å². The standard InChI is InChI=1S/C12H16FN5/c1-3-10-11(13)12(16-8-15-10)14-4-5-18-7-9(2)6-17-18/h6-8H,3-5H2,1-2H3,(H,14,15,16). The Morgan fingerprint density at radius 3 is 2.89 bits per heavy atom. The van der Waals surface area contributed by atoms with Gasteiger partial charge in [-0.2, -0.15) is 5.10 Å². The van der Waals surface area contributed by atoms with Crippen LogP contribution in [0, 0.1) is 12.7 Å². The summed E-state index contributed by atoms with van der Waals surface area (Å²) in [5.41, 5.74) is 1.54. The number of nitrogens with one attached hydrogen (secondary N) is 1. The molecule has 0 spiro atoms. The summed E-state index contributed by atoms with van der Waals surface area (Å²) in [5, 5.41) is 7.11. The fourth-order valence-electron chi connectivity index (χ4n) is 1.65. The van der Waals surface area contributed by atoms with Crippen molar-refractivity contribution in [1.82, 2.24) is 19.7 Å². The number of aryl methyl sites for hydroxylation is 2. The molecule has 0 amide bonds. The third kappa shape index (κ3) is 2.82. The fraction of sp³-hybridized carbons (Fsp3) is 0.417. The van der Waals surface area contributed by atoms with E-state index in [1.54, 1.807) is 6.20 Å². The lowest BCUT2D eigenvalue weighted by Gasteiger charge is -2.08. The van der Waals surface area contributed by atoms with E-state index >= 15 is 0 Å². The van der Waals surface area contributed by atoms with Gasteiger partial charge in [-0.3, -0.25) is 4.68 Å². The van der Waals surface area contributed by atoms with Crippen LogP contribution in [0.4, 0.5) is 10.2 Å². The van der Waals surface area contributed by atoms with E-state index in [4.69, 9.17) is 0 Å². The lowest BCUT2D eigenvalue weighted by molar-refractivity contribution is 0.590. The van der Waals surface area contributed by atoms with Crippen LogP contribution >= 0.6 is 0 Å². The second kappa shape index (κ2) is 5.57. The largest absolute Gasteiger partial charge is 0.366 e. The monoisotopic (exact) mass is 249 g/mol. The van der Waals surface area contributed by atoms with Gasteiger partial charge < -0.3 is 5.32 Å². The van der Waals surface area contributed by atoms with Crippen molar-refractivity contribution in [2.24, 2.45) is 0 Å². The summed E-state index contributed by atoms with van der Waals surface area (Å²) < 4.78 is 15.6. The van der Waals surface area contributed by atoms with Crippen molar-refractivity contribution in [1.29, 1.82) is 0 Å². The quantitative estimate of drug-likeness (QED) is 0.877. The Kier molecular flexibility index (Phi) is 3.86. The normalized spacial score (nSPS) is 10.6. The number of rotatable bonds is 5. The van der Waals surface area contributed by atoms with Gasteiger partial charge in [0.1, 0.15) is 6.33 Å². The van der Waals surface area contributed by atoms with Crippen molar-refractivity contribution in [3.05, 3.63) is 35.8 Å². The third-order valence-electron chi connectivity index (χ3n) is 2.59. The van der Waals surface area contributed by atoms with E-state index in [-0.39, 0.29) is 11.6 Å². The lowest BCUT2D eigenvalue weighted by Crippen LogP contribution is -2.13. The molecule has 96 valence electrons. The summed E-state index contributed by atoms with van der Waals surface area (Å²) in [5.74, 6) is -0.109.